The van der Waals surface area contributed by atoms with Crippen molar-refractivity contribution in [1.29, 1.82) is 0 Å². The summed E-state index contributed by atoms with van der Waals surface area (Å²) in [5.41, 5.74) is 2.03. The van der Waals surface area contributed by atoms with Gasteiger partial charge in [0, 0.05) is 0 Å². The van der Waals surface area contributed by atoms with E-state index in [1.165, 1.54) is 11.3 Å². The molecule has 0 radical (unpaired) electrons. The number of carbonyl (C=O) groups is 1. The van der Waals surface area contributed by atoms with Crippen molar-refractivity contribution in [2.45, 2.75) is 12.3 Å². The lowest BCUT2D eigenvalue weighted by Crippen LogP contribution is -2.27. The summed E-state index contributed by atoms with van der Waals surface area (Å²) < 4.78 is 6.59. The molecule has 1 aliphatic heterocycles. The molecular formula is C18H16N2O2S2. The molecule has 0 N–H and O–H groups in total. The molecule has 1 atom stereocenters. The van der Waals surface area contributed by atoms with Crippen molar-refractivity contribution in [3.05, 3.63) is 54.1 Å². The van der Waals surface area contributed by atoms with Crippen LogP contribution in [-0.4, -0.2) is 23.3 Å². The number of carbonyl (C=O) groups excluding carboxylic acids is 1. The maximum atomic E-state index is 12.5. The molecule has 3 aromatic rings. The number of nitrogens with zero attached hydrogens (tertiary/aromatic N) is 2. The first-order chi connectivity index (χ1) is 11.8. The number of anilines is 1. The molecule has 122 valence electrons. The van der Waals surface area contributed by atoms with Crippen molar-refractivity contribution in [2.24, 2.45) is 0 Å². The fourth-order valence-corrected chi connectivity index (χ4v) is 5.01. The van der Waals surface area contributed by atoms with Crippen LogP contribution in [0.5, 0.6) is 5.75 Å². The Labute approximate surface area is 148 Å². The Balaban J connectivity index is 1.73. The predicted octanol–water partition coefficient (Wildman–Crippen LogP) is 4.47. The molecule has 1 aliphatic rings. The van der Waals surface area contributed by atoms with Gasteiger partial charge in [0.15, 0.2) is 5.13 Å². The highest BCUT2D eigenvalue weighted by Gasteiger charge is 2.35. The molecule has 24 heavy (non-hydrogen) atoms. The lowest BCUT2D eigenvalue weighted by atomic mass is 10.2. The Morgan fingerprint density at radius 2 is 2.08 bits per heavy atom. The lowest BCUT2D eigenvalue weighted by Gasteiger charge is -2.21. The summed E-state index contributed by atoms with van der Waals surface area (Å²) >= 11 is 3.18. The number of hydrogen-bond donors (Lipinski definition) is 0. The second kappa shape index (κ2) is 6.45. The van der Waals surface area contributed by atoms with Gasteiger partial charge in [-0.2, -0.15) is 0 Å². The standard InChI is InChI=1S/C18H16N2O2S2/c1-2-22-13-8-9-14-15(10-13)24-18(19-14)20-16(21)11-23-17(20)12-6-4-3-5-7-12/h3-10,17H,2,11H2,1H3/t17-/m1/s1. The maximum absolute atomic E-state index is 12.5. The van der Waals surface area contributed by atoms with E-state index in [0.717, 1.165) is 26.7 Å². The number of ether oxygens (including phenoxy) is 1. The number of thioether (sulfide) groups is 1. The summed E-state index contributed by atoms with van der Waals surface area (Å²) in [6, 6.07) is 16.0. The molecule has 1 amide bonds. The van der Waals surface area contributed by atoms with E-state index in [0.29, 0.717) is 12.4 Å². The molecule has 2 aromatic carbocycles. The molecule has 4 rings (SSSR count). The lowest BCUT2D eigenvalue weighted by molar-refractivity contribution is -0.115. The molecule has 0 unspecified atom stereocenters. The third-order valence-electron chi connectivity index (χ3n) is 3.82. The van der Waals surface area contributed by atoms with Crippen LogP contribution in [0.15, 0.2) is 48.5 Å². The van der Waals surface area contributed by atoms with Gasteiger partial charge in [-0.3, -0.25) is 9.69 Å². The van der Waals surface area contributed by atoms with Gasteiger partial charge in [-0.25, -0.2) is 4.98 Å². The van der Waals surface area contributed by atoms with E-state index in [9.17, 15) is 4.79 Å². The number of amides is 1. The van der Waals surface area contributed by atoms with Gasteiger partial charge < -0.3 is 4.74 Å². The van der Waals surface area contributed by atoms with Crippen molar-refractivity contribution in [1.82, 2.24) is 4.98 Å². The topological polar surface area (TPSA) is 42.4 Å². The average molecular weight is 356 g/mol. The van der Waals surface area contributed by atoms with Gasteiger partial charge in [0.25, 0.3) is 0 Å². The Kier molecular flexibility index (Phi) is 4.16. The zero-order valence-electron chi connectivity index (χ0n) is 13.1. The van der Waals surface area contributed by atoms with Crippen molar-refractivity contribution in [3.8, 4) is 5.75 Å². The molecule has 0 bridgehead atoms. The molecule has 1 fully saturated rings. The molecule has 2 heterocycles. The highest BCUT2D eigenvalue weighted by Crippen LogP contribution is 2.44. The van der Waals surface area contributed by atoms with Gasteiger partial charge in [0.2, 0.25) is 5.91 Å². The summed E-state index contributed by atoms with van der Waals surface area (Å²) in [4.78, 5) is 19.0. The zero-order chi connectivity index (χ0) is 16.5. The summed E-state index contributed by atoms with van der Waals surface area (Å²) in [7, 11) is 0. The summed E-state index contributed by atoms with van der Waals surface area (Å²) in [5, 5.41) is 0.744. The van der Waals surface area contributed by atoms with Crippen LogP contribution in [-0.2, 0) is 4.79 Å². The number of rotatable bonds is 4. The van der Waals surface area contributed by atoms with Crippen LogP contribution in [0.2, 0.25) is 0 Å². The van der Waals surface area contributed by atoms with E-state index in [4.69, 9.17) is 4.74 Å². The Morgan fingerprint density at radius 3 is 2.88 bits per heavy atom. The molecule has 1 saturated heterocycles. The fourth-order valence-electron chi connectivity index (χ4n) is 2.75. The van der Waals surface area contributed by atoms with Gasteiger partial charge >= 0.3 is 0 Å². The van der Waals surface area contributed by atoms with Crippen LogP contribution in [0.4, 0.5) is 5.13 Å². The molecule has 0 saturated carbocycles. The Hall–Kier alpha value is -2.05. The van der Waals surface area contributed by atoms with Gasteiger partial charge in [0.05, 0.1) is 22.6 Å². The fraction of sp³-hybridized carbons (Fsp3) is 0.222. The maximum Gasteiger partial charge on any atom is 0.240 e. The summed E-state index contributed by atoms with van der Waals surface area (Å²) in [5.74, 6) is 1.43. The molecule has 0 spiro atoms. The highest BCUT2D eigenvalue weighted by molar-refractivity contribution is 8.00. The van der Waals surface area contributed by atoms with Crippen LogP contribution in [0.1, 0.15) is 17.9 Å². The van der Waals surface area contributed by atoms with E-state index >= 15 is 0 Å². The smallest absolute Gasteiger partial charge is 0.240 e. The van der Waals surface area contributed by atoms with Gasteiger partial charge in [-0.05, 0) is 30.7 Å². The van der Waals surface area contributed by atoms with Crippen molar-refractivity contribution in [3.63, 3.8) is 0 Å². The molecule has 0 aliphatic carbocycles. The van der Waals surface area contributed by atoms with Crippen molar-refractivity contribution < 1.29 is 9.53 Å². The normalized spacial score (nSPS) is 17.6. The third-order valence-corrected chi connectivity index (χ3v) is 6.05. The first-order valence-corrected chi connectivity index (χ1v) is 9.65. The minimum absolute atomic E-state index is 0.00868. The minimum atomic E-state index is -0.00868. The highest BCUT2D eigenvalue weighted by atomic mass is 32.2. The number of benzene rings is 2. The molecule has 1 aromatic heterocycles. The first kappa shape index (κ1) is 15.5. The van der Waals surface area contributed by atoms with Gasteiger partial charge in [-0.15, -0.1) is 11.8 Å². The van der Waals surface area contributed by atoms with Gasteiger partial charge in [-0.1, -0.05) is 41.7 Å². The van der Waals surface area contributed by atoms with E-state index in [-0.39, 0.29) is 11.3 Å². The van der Waals surface area contributed by atoms with Crippen molar-refractivity contribution in [2.75, 3.05) is 17.3 Å². The summed E-state index contributed by atoms with van der Waals surface area (Å²) in [6.07, 6.45) is 0. The van der Waals surface area contributed by atoms with E-state index < -0.39 is 0 Å². The SMILES string of the molecule is CCOc1ccc2nc(N3C(=O)CS[C@@H]3c3ccccc3)sc2c1. The minimum Gasteiger partial charge on any atom is -0.494 e. The number of thiazole rings is 1. The Bertz CT molecular complexity index is 879. The van der Waals surface area contributed by atoms with Crippen molar-refractivity contribution >= 4 is 44.4 Å². The predicted molar refractivity (Wildman–Crippen MR) is 99.9 cm³/mol. The number of hydrogen-bond acceptors (Lipinski definition) is 5. The average Bonchev–Trinajstić information content (AvgIpc) is 3.18. The van der Waals surface area contributed by atoms with Crippen LogP contribution in [0.3, 0.4) is 0 Å². The zero-order valence-corrected chi connectivity index (χ0v) is 14.8. The van der Waals surface area contributed by atoms with Crippen LogP contribution < -0.4 is 9.64 Å². The molecular weight excluding hydrogens is 340 g/mol. The van der Waals surface area contributed by atoms with E-state index in [1.807, 2.05) is 48.2 Å². The molecule has 4 nitrogen and oxygen atoms in total. The number of aromatic nitrogens is 1. The second-order valence-corrected chi connectivity index (χ2v) is 7.47. The Morgan fingerprint density at radius 1 is 1.25 bits per heavy atom. The van der Waals surface area contributed by atoms with Crippen LogP contribution in [0, 0.1) is 0 Å². The first-order valence-electron chi connectivity index (χ1n) is 7.78. The van der Waals surface area contributed by atoms with Crippen LogP contribution in [0.25, 0.3) is 10.2 Å². The largest absolute Gasteiger partial charge is 0.494 e. The summed E-state index contributed by atoms with van der Waals surface area (Å²) in [6.45, 7) is 2.60. The monoisotopic (exact) mass is 356 g/mol. The van der Waals surface area contributed by atoms with Gasteiger partial charge in [0.1, 0.15) is 11.1 Å². The quantitative estimate of drug-likeness (QED) is 0.691. The number of fused-ring (bicyclic) bond motifs is 1. The van der Waals surface area contributed by atoms with E-state index in [1.54, 1.807) is 11.8 Å². The van der Waals surface area contributed by atoms with Crippen LogP contribution >= 0.6 is 23.1 Å². The van der Waals surface area contributed by atoms with E-state index in [2.05, 4.69) is 17.1 Å². The third kappa shape index (κ3) is 2.76. The molecule has 6 heteroatoms. The second-order valence-electron chi connectivity index (χ2n) is 5.40.